The second-order valence-electron chi connectivity index (χ2n) is 5.76. The predicted octanol–water partition coefficient (Wildman–Crippen LogP) is 2.53. The van der Waals surface area contributed by atoms with Gasteiger partial charge in [-0.1, -0.05) is 18.6 Å². The molecule has 2 aliphatic rings. The van der Waals surface area contributed by atoms with E-state index < -0.39 is 0 Å². The van der Waals surface area contributed by atoms with E-state index in [2.05, 4.69) is 27.1 Å². The van der Waals surface area contributed by atoms with Crippen molar-refractivity contribution >= 4 is 11.6 Å². The predicted molar refractivity (Wildman–Crippen MR) is 78.7 cm³/mol. The van der Waals surface area contributed by atoms with E-state index in [4.69, 9.17) is 10.8 Å². The Morgan fingerprint density at radius 3 is 2.65 bits per heavy atom. The molecule has 1 aromatic carbocycles. The Labute approximate surface area is 118 Å². The number of nitrogen functional groups attached to an aromatic ring is 1. The van der Waals surface area contributed by atoms with Crippen molar-refractivity contribution in [2.75, 3.05) is 17.6 Å². The summed E-state index contributed by atoms with van der Waals surface area (Å²) in [6.07, 6.45) is 4.81. The van der Waals surface area contributed by atoms with E-state index in [0.29, 0.717) is 5.92 Å². The number of nitrogens with one attached hydrogen (secondary N) is 1. The molecule has 0 radical (unpaired) electrons. The first-order valence-electron chi connectivity index (χ1n) is 7.37. The fourth-order valence-electron chi connectivity index (χ4n) is 2.99. The molecule has 0 amide bonds. The van der Waals surface area contributed by atoms with Crippen LogP contribution in [-0.2, 0) is 0 Å². The van der Waals surface area contributed by atoms with E-state index in [1.54, 1.807) is 0 Å². The number of benzene rings is 1. The second-order valence-corrected chi connectivity index (χ2v) is 5.76. The number of hydrogen-bond acceptors (Lipinski definition) is 4. The summed E-state index contributed by atoms with van der Waals surface area (Å²) in [4.78, 5) is 4.68. The van der Waals surface area contributed by atoms with Gasteiger partial charge in [-0.2, -0.15) is 10.1 Å². The van der Waals surface area contributed by atoms with Gasteiger partial charge in [0.1, 0.15) is 0 Å². The molecule has 0 bridgehead atoms. The van der Waals surface area contributed by atoms with Crippen molar-refractivity contribution in [1.82, 2.24) is 14.8 Å². The molecule has 20 heavy (non-hydrogen) atoms. The number of rotatable bonds is 2. The minimum absolute atomic E-state index is 0.271. The van der Waals surface area contributed by atoms with Gasteiger partial charge in [0.15, 0.2) is 5.82 Å². The van der Waals surface area contributed by atoms with Crippen molar-refractivity contribution in [3.8, 4) is 0 Å². The maximum atomic E-state index is 5.77. The summed E-state index contributed by atoms with van der Waals surface area (Å²) >= 11 is 0. The molecule has 1 aromatic heterocycles. The van der Waals surface area contributed by atoms with Gasteiger partial charge >= 0.3 is 0 Å². The average molecular weight is 269 g/mol. The van der Waals surface area contributed by atoms with Crippen LogP contribution in [0.3, 0.4) is 0 Å². The van der Waals surface area contributed by atoms with E-state index in [9.17, 15) is 0 Å². The molecule has 2 heterocycles. The molecule has 0 spiro atoms. The normalized spacial score (nSPS) is 21.9. The standard InChI is InChI=1S/C15H19N5/c16-12-6-4-10(5-7-12)13-8-9-17-15-18-14(19-20(13)15)11-2-1-3-11/h4-7,11,13H,1-3,8-9,16H2,(H,17,18,19). The highest BCUT2D eigenvalue weighted by atomic mass is 15.4. The van der Waals surface area contributed by atoms with Crippen LogP contribution < -0.4 is 11.1 Å². The van der Waals surface area contributed by atoms with Crippen LogP contribution in [0.25, 0.3) is 0 Å². The molecule has 1 unspecified atom stereocenters. The molecule has 1 atom stereocenters. The first-order valence-corrected chi connectivity index (χ1v) is 7.37. The maximum absolute atomic E-state index is 5.77. The third-order valence-electron chi connectivity index (χ3n) is 4.44. The Bertz CT molecular complexity index is 612. The van der Waals surface area contributed by atoms with Gasteiger partial charge in [-0.3, -0.25) is 0 Å². The zero-order chi connectivity index (χ0) is 13.5. The van der Waals surface area contributed by atoms with E-state index in [-0.39, 0.29) is 6.04 Å². The maximum Gasteiger partial charge on any atom is 0.221 e. The molecule has 2 aromatic rings. The van der Waals surface area contributed by atoms with Crippen molar-refractivity contribution in [2.45, 2.75) is 37.6 Å². The van der Waals surface area contributed by atoms with Crippen LogP contribution in [0.1, 0.15) is 49.0 Å². The number of anilines is 2. The molecule has 0 saturated heterocycles. The summed E-state index contributed by atoms with van der Waals surface area (Å²) in [6.45, 7) is 0.942. The summed E-state index contributed by atoms with van der Waals surface area (Å²) in [7, 11) is 0. The summed E-state index contributed by atoms with van der Waals surface area (Å²) in [5.41, 5.74) is 7.83. The minimum Gasteiger partial charge on any atom is -0.399 e. The molecule has 1 fully saturated rings. The van der Waals surface area contributed by atoms with E-state index >= 15 is 0 Å². The first kappa shape index (κ1) is 11.8. The van der Waals surface area contributed by atoms with E-state index in [0.717, 1.165) is 30.4 Å². The van der Waals surface area contributed by atoms with Crippen LogP contribution in [0.4, 0.5) is 11.6 Å². The Hall–Kier alpha value is -2.04. The molecule has 1 saturated carbocycles. The number of nitrogens with zero attached hydrogens (tertiary/aromatic N) is 3. The molecule has 5 heteroatoms. The van der Waals surface area contributed by atoms with Crippen LogP contribution in [-0.4, -0.2) is 21.3 Å². The fraction of sp³-hybridized carbons (Fsp3) is 0.467. The largest absolute Gasteiger partial charge is 0.399 e. The van der Waals surface area contributed by atoms with Gasteiger partial charge in [0.25, 0.3) is 0 Å². The summed E-state index contributed by atoms with van der Waals surface area (Å²) in [5, 5.41) is 8.13. The van der Waals surface area contributed by atoms with Gasteiger partial charge in [0.05, 0.1) is 6.04 Å². The van der Waals surface area contributed by atoms with Crippen LogP contribution in [0.15, 0.2) is 24.3 Å². The number of nitrogens with two attached hydrogens (primary N) is 1. The Balaban J connectivity index is 1.70. The number of fused-ring (bicyclic) bond motifs is 1. The molecular formula is C15H19N5. The highest BCUT2D eigenvalue weighted by Gasteiger charge is 2.29. The topological polar surface area (TPSA) is 68.8 Å². The van der Waals surface area contributed by atoms with Crippen molar-refractivity contribution in [3.63, 3.8) is 0 Å². The highest BCUT2D eigenvalue weighted by molar-refractivity contribution is 5.41. The van der Waals surface area contributed by atoms with Gasteiger partial charge in [0.2, 0.25) is 5.95 Å². The lowest BCUT2D eigenvalue weighted by Gasteiger charge is -2.25. The van der Waals surface area contributed by atoms with Crippen LogP contribution in [0.5, 0.6) is 0 Å². The Morgan fingerprint density at radius 1 is 1.15 bits per heavy atom. The first-order chi connectivity index (χ1) is 9.81. The smallest absolute Gasteiger partial charge is 0.221 e. The quantitative estimate of drug-likeness (QED) is 0.822. The molecule has 3 N–H and O–H groups in total. The van der Waals surface area contributed by atoms with E-state index in [1.807, 2.05) is 12.1 Å². The van der Waals surface area contributed by atoms with Crippen LogP contribution in [0.2, 0.25) is 0 Å². The van der Waals surface area contributed by atoms with Crippen molar-refractivity contribution in [3.05, 3.63) is 35.7 Å². The number of hydrogen-bond donors (Lipinski definition) is 2. The molecule has 5 nitrogen and oxygen atoms in total. The molecule has 1 aliphatic carbocycles. The SMILES string of the molecule is Nc1ccc(C2CCNc3nc(C4CCC4)nn32)cc1. The van der Waals surface area contributed by atoms with Gasteiger partial charge in [-0.05, 0) is 37.0 Å². The lowest BCUT2D eigenvalue weighted by Crippen LogP contribution is -2.24. The van der Waals surface area contributed by atoms with Crippen LogP contribution >= 0.6 is 0 Å². The average Bonchev–Trinajstić information content (AvgIpc) is 2.80. The monoisotopic (exact) mass is 269 g/mol. The van der Waals surface area contributed by atoms with Gasteiger partial charge in [0, 0.05) is 18.2 Å². The summed E-state index contributed by atoms with van der Waals surface area (Å²) in [6, 6.07) is 8.38. The molecule has 1 aliphatic heterocycles. The van der Waals surface area contributed by atoms with Crippen molar-refractivity contribution in [1.29, 1.82) is 0 Å². The number of aromatic nitrogens is 3. The third-order valence-corrected chi connectivity index (χ3v) is 4.44. The zero-order valence-electron chi connectivity index (χ0n) is 11.4. The lowest BCUT2D eigenvalue weighted by molar-refractivity contribution is 0.393. The van der Waals surface area contributed by atoms with E-state index in [1.165, 1.54) is 24.8 Å². The Kier molecular flexibility index (Phi) is 2.65. The highest BCUT2D eigenvalue weighted by Crippen LogP contribution is 2.37. The van der Waals surface area contributed by atoms with Crippen LogP contribution in [0, 0.1) is 0 Å². The lowest BCUT2D eigenvalue weighted by atomic mass is 9.85. The van der Waals surface area contributed by atoms with Gasteiger partial charge in [-0.15, -0.1) is 0 Å². The van der Waals surface area contributed by atoms with Crippen molar-refractivity contribution < 1.29 is 0 Å². The molecular weight excluding hydrogens is 250 g/mol. The Morgan fingerprint density at radius 2 is 1.95 bits per heavy atom. The van der Waals surface area contributed by atoms with Gasteiger partial charge in [-0.25, -0.2) is 4.68 Å². The van der Waals surface area contributed by atoms with Crippen molar-refractivity contribution in [2.24, 2.45) is 0 Å². The third kappa shape index (κ3) is 1.85. The molecule has 104 valence electrons. The zero-order valence-corrected chi connectivity index (χ0v) is 11.4. The van der Waals surface area contributed by atoms with Gasteiger partial charge < -0.3 is 11.1 Å². The summed E-state index contributed by atoms with van der Waals surface area (Å²) in [5.74, 6) is 2.50. The minimum atomic E-state index is 0.271. The second kappa shape index (κ2) is 4.51. The molecule has 4 rings (SSSR count). The summed E-state index contributed by atoms with van der Waals surface area (Å²) < 4.78 is 2.06. The fourth-order valence-corrected chi connectivity index (χ4v) is 2.99.